The third kappa shape index (κ3) is 3.34. The lowest BCUT2D eigenvalue weighted by Gasteiger charge is -2.13. The molecule has 0 fully saturated rings. The molecule has 0 rings (SSSR count). The van der Waals surface area contributed by atoms with Crippen LogP contribution in [-0.4, -0.2) is 29.1 Å². The second kappa shape index (κ2) is 4.71. The lowest BCUT2D eigenvalue weighted by atomic mass is 10.2. The van der Waals surface area contributed by atoms with E-state index >= 15 is 0 Å². The van der Waals surface area contributed by atoms with E-state index in [-0.39, 0.29) is 0 Å². The fourth-order valence-corrected chi connectivity index (χ4v) is 0.642. The van der Waals surface area contributed by atoms with Crippen molar-refractivity contribution in [3.8, 4) is 0 Å². The van der Waals surface area contributed by atoms with Crippen LogP contribution in [0.5, 0.6) is 0 Å². The largest absolute Gasteiger partial charge is 0.480 e. The molecule has 0 radical (unpaired) electrons. The topological polar surface area (TPSA) is 92.4 Å². The molecule has 0 aliphatic carbocycles. The molecule has 4 N–H and O–H groups in total. The Morgan fingerprint density at radius 2 is 2.08 bits per heavy atom. The summed E-state index contributed by atoms with van der Waals surface area (Å²) in [7, 11) is 0. The van der Waals surface area contributed by atoms with Crippen molar-refractivity contribution in [3.05, 3.63) is 0 Å². The SMILES string of the molecule is CCC(NC(=O)[C@@H](C)N)C(=O)O. The minimum atomic E-state index is -1.04. The van der Waals surface area contributed by atoms with Crippen molar-refractivity contribution in [2.24, 2.45) is 5.73 Å². The fraction of sp³-hybridized carbons (Fsp3) is 0.714. The average Bonchev–Trinajstić information content (AvgIpc) is 1.98. The van der Waals surface area contributed by atoms with Gasteiger partial charge in [-0.15, -0.1) is 0 Å². The lowest BCUT2D eigenvalue weighted by molar-refractivity contribution is -0.142. The molecule has 0 aliphatic rings. The molecule has 1 amide bonds. The van der Waals surface area contributed by atoms with Crippen molar-refractivity contribution in [2.75, 3.05) is 0 Å². The Hall–Kier alpha value is -1.10. The van der Waals surface area contributed by atoms with Crippen LogP contribution in [0.1, 0.15) is 20.3 Å². The Labute approximate surface area is 70.9 Å². The maximum absolute atomic E-state index is 10.9. The molecule has 0 saturated heterocycles. The first kappa shape index (κ1) is 10.9. The summed E-state index contributed by atoms with van der Waals surface area (Å²) in [6.07, 6.45) is 0.355. The van der Waals surface area contributed by atoms with Gasteiger partial charge in [0.15, 0.2) is 0 Å². The van der Waals surface area contributed by atoms with Gasteiger partial charge in [-0.1, -0.05) is 6.92 Å². The number of amides is 1. The number of hydrogen-bond acceptors (Lipinski definition) is 3. The molecule has 0 aromatic rings. The first-order chi connectivity index (χ1) is 5.49. The maximum Gasteiger partial charge on any atom is 0.326 e. The molecule has 5 nitrogen and oxygen atoms in total. The number of rotatable bonds is 4. The Kier molecular flexibility index (Phi) is 4.28. The second-order valence-corrected chi connectivity index (χ2v) is 2.60. The Morgan fingerprint density at radius 1 is 1.58 bits per heavy atom. The molecule has 70 valence electrons. The maximum atomic E-state index is 10.9. The molecule has 12 heavy (non-hydrogen) atoms. The van der Waals surface area contributed by atoms with Gasteiger partial charge >= 0.3 is 5.97 Å². The summed E-state index contributed by atoms with van der Waals surface area (Å²) < 4.78 is 0. The number of carbonyl (C=O) groups is 2. The average molecular weight is 174 g/mol. The van der Waals surface area contributed by atoms with E-state index in [4.69, 9.17) is 10.8 Å². The van der Waals surface area contributed by atoms with Crippen molar-refractivity contribution in [1.29, 1.82) is 0 Å². The number of carboxylic acids is 1. The van der Waals surface area contributed by atoms with E-state index in [1.54, 1.807) is 6.92 Å². The highest BCUT2D eigenvalue weighted by molar-refractivity contribution is 5.86. The Bertz CT molecular complexity index is 179. The van der Waals surface area contributed by atoms with Crippen LogP contribution >= 0.6 is 0 Å². The Balaban J connectivity index is 4.03. The zero-order valence-corrected chi connectivity index (χ0v) is 7.20. The van der Waals surface area contributed by atoms with E-state index in [2.05, 4.69) is 5.32 Å². The zero-order chi connectivity index (χ0) is 9.72. The highest BCUT2D eigenvalue weighted by Crippen LogP contribution is 1.91. The smallest absolute Gasteiger partial charge is 0.326 e. The predicted octanol–water partition coefficient (Wildman–Crippen LogP) is -0.687. The predicted molar refractivity (Wildman–Crippen MR) is 43.5 cm³/mol. The van der Waals surface area contributed by atoms with Crippen LogP contribution in [0.2, 0.25) is 0 Å². The standard InChI is InChI=1S/C7H14N2O3/c1-3-5(7(11)12)9-6(10)4(2)8/h4-5H,3,8H2,1-2H3,(H,9,10)(H,11,12)/t4-,5?/m1/s1. The fourth-order valence-electron chi connectivity index (χ4n) is 0.642. The van der Waals surface area contributed by atoms with Gasteiger partial charge in [0.05, 0.1) is 6.04 Å². The van der Waals surface area contributed by atoms with Gasteiger partial charge < -0.3 is 16.2 Å². The summed E-state index contributed by atoms with van der Waals surface area (Å²) >= 11 is 0. The van der Waals surface area contributed by atoms with Crippen molar-refractivity contribution in [1.82, 2.24) is 5.32 Å². The minimum absolute atomic E-state index is 0.355. The molecule has 0 aromatic carbocycles. The van der Waals surface area contributed by atoms with E-state index < -0.39 is 24.0 Å². The van der Waals surface area contributed by atoms with Crippen LogP contribution in [0.3, 0.4) is 0 Å². The summed E-state index contributed by atoms with van der Waals surface area (Å²) in [5.41, 5.74) is 5.23. The monoisotopic (exact) mass is 174 g/mol. The second-order valence-electron chi connectivity index (χ2n) is 2.60. The summed E-state index contributed by atoms with van der Waals surface area (Å²) in [6.45, 7) is 3.18. The Morgan fingerprint density at radius 3 is 2.33 bits per heavy atom. The van der Waals surface area contributed by atoms with Crippen LogP contribution in [-0.2, 0) is 9.59 Å². The van der Waals surface area contributed by atoms with Crippen LogP contribution in [0.4, 0.5) is 0 Å². The molecule has 0 aromatic heterocycles. The first-order valence-electron chi connectivity index (χ1n) is 3.77. The van der Waals surface area contributed by atoms with Gasteiger partial charge in [-0.05, 0) is 13.3 Å². The van der Waals surface area contributed by atoms with Gasteiger partial charge in [-0.3, -0.25) is 4.79 Å². The number of aliphatic carboxylic acids is 1. The molecule has 0 saturated carbocycles. The van der Waals surface area contributed by atoms with Crippen LogP contribution in [0, 0.1) is 0 Å². The van der Waals surface area contributed by atoms with Gasteiger partial charge in [0.25, 0.3) is 0 Å². The van der Waals surface area contributed by atoms with Gasteiger partial charge in [-0.2, -0.15) is 0 Å². The summed E-state index contributed by atoms with van der Waals surface area (Å²) in [5, 5.41) is 10.9. The van der Waals surface area contributed by atoms with E-state index in [0.717, 1.165) is 0 Å². The third-order valence-corrected chi connectivity index (χ3v) is 1.44. The van der Waals surface area contributed by atoms with Gasteiger partial charge in [-0.25, -0.2) is 4.79 Å². The molecular weight excluding hydrogens is 160 g/mol. The van der Waals surface area contributed by atoms with E-state index in [0.29, 0.717) is 6.42 Å². The number of hydrogen-bond donors (Lipinski definition) is 3. The van der Waals surface area contributed by atoms with Crippen molar-refractivity contribution >= 4 is 11.9 Å². The number of carbonyl (C=O) groups excluding carboxylic acids is 1. The first-order valence-corrected chi connectivity index (χ1v) is 3.77. The van der Waals surface area contributed by atoms with Crippen LogP contribution in [0.25, 0.3) is 0 Å². The molecular formula is C7H14N2O3. The lowest BCUT2D eigenvalue weighted by Crippen LogP contribution is -2.46. The zero-order valence-electron chi connectivity index (χ0n) is 7.20. The van der Waals surface area contributed by atoms with Crippen molar-refractivity contribution in [3.63, 3.8) is 0 Å². The van der Waals surface area contributed by atoms with E-state index in [1.165, 1.54) is 6.92 Å². The minimum Gasteiger partial charge on any atom is -0.480 e. The van der Waals surface area contributed by atoms with Gasteiger partial charge in [0.2, 0.25) is 5.91 Å². The normalized spacial score (nSPS) is 14.9. The summed E-state index contributed by atoms with van der Waals surface area (Å²) in [6, 6.07) is -1.50. The van der Waals surface area contributed by atoms with Crippen LogP contribution in [0.15, 0.2) is 0 Å². The number of nitrogens with one attached hydrogen (secondary N) is 1. The number of carboxylic acid groups (broad SMARTS) is 1. The van der Waals surface area contributed by atoms with Crippen molar-refractivity contribution < 1.29 is 14.7 Å². The quantitative estimate of drug-likeness (QED) is 0.526. The molecule has 2 atom stereocenters. The molecule has 1 unspecified atom stereocenters. The molecule has 0 spiro atoms. The van der Waals surface area contributed by atoms with E-state index in [1.807, 2.05) is 0 Å². The van der Waals surface area contributed by atoms with E-state index in [9.17, 15) is 9.59 Å². The highest BCUT2D eigenvalue weighted by Gasteiger charge is 2.18. The number of nitrogens with two attached hydrogens (primary N) is 1. The molecule has 0 heterocycles. The van der Waals surface area contributed by atoms with Crippen LogP contribution < -0.4 is 11.1 Å². The van der Waals surface area contributed by atoms with Gasteiger partial charge in [0, 0.05) is 0 Å². The van der Waals surface area contributed by atoms with Crippen molar-refractivity contribution in [2.45, 2.75) is 32.4 Å². The third-order valence-electron chi connectivity index (χ3n) is 1.44. The molecule has 0 aliphatic heterocycles. The van der Waals surface area contributed by atoms with Gasteiger partial charge in [0.1, 0.15) is 6.04 Å². The molecule has 5 heteroatoms. The summed E-state index contributed by atoms with van der Waals surface area (Å²) in [5.74, 6) is -1.48. The molecule has 0 bridgehead atoms. The highest BCUT2D eigenvalue weighted by atomic mass is 16.4. The summed E-state index contributed by atoms with van der Waals surface area (Å²) in [4.78, 5) is 21.4.